The van der Waals surface area contributed by atoms with E-state index in [9.17, 15) is 4.79 Å². The van der Waals surface area contributed by atoms with Gasteiger partial charge in [-0.3, -0.25) is 4.79 Å². The molecule has 1 spiro atoms. The number of rotatable bonds is 3. The predicted molar refractivity (Wildman–Crippen MR) is 112 cm³/mol. The first kappa shape index (κ1) is 18.0. The molecule has 0 unspecified atom stereocenters. The summed E-state index contributed by atoms with van der Waals surface area (Å²) >= 11 is 3.67. The lowest BCUT2D eigenvalue weighted by Crippen LogP contribution is -2.48. The highest BCUT2D eigenvalue weighted by Crippen LogP contribution is 2.54. The minimum atomic E-state index is -0.960. The van der Waals surface area contributed by atoms with Crippen molar-refractivity contribution in [3.63, 3.8) is 0 Å². The lowest BCUT2D eigenvalue weighted by Gasteiger charge is -2.39. The Bertz CT molecular complexity index is 971. The van der Waals surface area contributed by atoms with E-state index in [0.29, 0.717) is 13.0 Å². The lowest BCUT2D eigenvalue weighted by molar-refractivity contribution is -0.154. The van der Waals surface area contributed by atoms with Crippen LogP contribution in [0.3, 0.4) is 0 Å². The number of ether oxygens (including phenoxy) is 2. The summed E-state index contributed by atoms with van der Waals surface area (Å²) in [5, 5.41) is 0. The standard InChI is InChI=1S/C23H22BrNO3/c1-25-19-12-6-11-18(24)21(19)23(22(25)26)13-15-7-5-10-17(15)20(28-23)14-27-16-8-3-2-4-9-16/h2-4,6,8-9,11-12,20H,5,7,10,13-14H2,1H3/t20-,23-/m1/s1. The minimum absolute atomic E-state index is 0.0116. The Labute approximate surface area is 173 Å². The smallest absolute Gasteiger partial charge is 0.264 e. The molecule has 0 bridgehead atoms. The Balaban J connectivity index is 1.53. The number of carbonyl (C=O) groups excluding carboxylic acids is 1. The number of fused-ring (bicyclic) bond motifs is 2. The van der Waals surface area contributed by atoms with E-state index in [0.717, 1.165) is 40.7 Å². The fraction of sp³-hybridized carbons (Fsp3) is 0.348. The third-order valence-electron chi connectivity index (χ3n) is 6.12. The third kappa shape index (κ3) is 2.64. The molecule has 0 radical (unpaired) electrons. The van der Waals surface area contributed by atoms with Gasteiger partial charge in [0.15, 0.2) is 5.60 Å². The van der Waals surface area contributed by atoms with Gasteiger partial charge in [0.25, 0.3) is 5.91 Å². The molecule has 2 aliphatic heterocycles. The van der Waals surface area contributed by atoms with Crippen LogP contribution >= 0.6 is 15.9 Å². The number of para-hydroxylation sites is 1. The highest BCUT2D eigenvalue weighted by Gasteiger charge is 2.56. The monoisotopic (exact) mass is 439 g/mol. The van der Waals surface area contributed by atoms with Crippen molar-refractivity contribution in [3.05, 3.63) is 69.7 Å². The molecule has 2 heterocycles. The van der Waals surface area contributed by atoms with Crippen LogP contribution in [0.5, 0.6) is 5.75 Å². The second kappa shape index (κ2) is 6.75. The molecule has 0 N–H and O–H groups in total. The quantitative estimate of drug-likeness (QED) is 0.633. The molecule has 144 valence electrons. The van der Waals surface area contributed by atoms with Crippen LogP contribution in [0.25, 0.3) is 0 Å². The van der Waals surface area contributed by atoms with Gasteiger partial charge in [0.05, 0.1) is 5.69 Å². The van der Waals surface area contributed by atoms with Gasteiger partial charge in [-0.15, -0.1) is 0 Å². The van der Waals surface area contributed by atoms with Gasteiger partial charge < -0.3 is 14.4 Å². The number of hydrogen-bond acceptors (Lipinski definition) is 3. The molecule has 4 nitrogen and oxygen atoms in total. The summed E-state index contributed by atoms with van der Waals surface area (Å²) in [7, 11) is 1.83. The van der Waals surface area contributed by atoms with E-state index in [4.69, 9.17) is 9.47 Å². The molecule has 0 saturated heterocycles. The Morgan fingerprint density at radius 3 is 2.82 bits per heavy atom. The van der Waals surface area contributed by atoms with Crippen LogP contribution < -0.4 is 9.64 Å². The molecule has 5 heteroatoms. The van der Waals surface area contributed by atoms with Crippen molar-refractivity contribution in [3.8, 4) is 5.75 Å². The van der Waals surface area contributed by atoms with Gasteiger partial charge in [0.1, 0.15) is 18.5 Å². The summed E-state index contributed by atoms with van der Waals surface area (Å²) in [6, 6.07) is 15.7. The van der Waals surface area contributed by atoms with Gasteiger partial charge in [-0.2, -0.15) is 0 Å². The van der Waals surface area contributed by atoms with Gasteiger partial charge in [0.2, 0.25) is 0 Å². The van der Waals surface area contributed by atoms with E-state index < -0.39 is 5.60 Å². The van der Waals surface area contributed by atoms with Crippen LogP contribution in [0.2, 0.25) is 0 Å². The first-order valence-electron chi connectivity index (χ1n) is 9.74. The van der Waals surface area contributed by atoms with Crippen LogP contribution in [0.4, 0.5) is 5.69 Å². The largest absolute Gasteiger partial charge is 0.491 e. The van der Waals surface area contributed by atoms with E-state index >= 15 is 0 Å². The van der Waals surface area contributed by atoms with E-state index in [2.05, 4.69) is 15.9 Å². The maximum absolute atomic E-state index is 13.4. The zero-order valence-corrected chi connectivity index (χ0v) is 17.4. The molecule has 2 aromatic carbocycles. The van der Waals surface area contributed by atoms with Gasteiger partial charge in [0, 0.05) is 23.5 Å². The molecule has 1 amide bonds. The molecule has 0 aromatic heterocycles. The highest BCUT2D eigenvalue weighted by molar-refractivity contribution is 9.10. The Kier molecular flexibility index (Phi) is 4.33. The van der Waals surface area contributed by atoms with Crippen molar-refractivity contribution in [2.24, 2.45) is 0 Å². The fourth-order valence-electron chi connectivity index (χ4n) is 4.85. The second-order valence-corrected chi connectivity index (χ2v) is 8.57. The number of halogens is 1. The Morgan fingerprint density at radius 1 is 1.18 bits per heavy atom. The van der Waals surface area contributed by atoms with Crippen LogP contribution in [0, 0.1) is 0 Å². The minimum Gasteiger partial charge on any atom is -0.491 e. The second-order valence-electron chi connectivity index (χ2n) is 7.71. The summed E-state index contributed by atoms with van der Waals surface area (Å²) < 4.78 is 13.6. The lowest BCUT2D eigenvalue weighted by atomic mass is 9.83. The van der Waals surface area contributed by atoms with Gasteiger partial charge in [-0.25, -0.2) is 0 Å². The molecule has 5 rings (SSSR count). The van der Waals surface area contributed by atoms with Crippen LogP contribution in [-0.4, -0.2) is 25.7 Å². The number of hydrogen-bond donors (Lipinski definition) is 0. The first-order valence-corrected chi connectivity index (χ1v) is 10.5. The van der Waals surface area contributed by atoms with Crippen molar-refractivity contribution >= 4 is 27.5 Å². The van der Waals surface area contributed by atoms with Crippen LogP contribution in [0.1, 0.15) is 31.2 Å². The third-order valence-corrected chi connectivity index (χ3v) is 6.79. The molecular formula is C23H22BrNO3. The number of amides is 1. The van der Waals surface area contributed by atoms with E-state index in [1.165, 1.54) is 11.1 Å². The van der Waals surface area contributed by atoms with Crippen LogP contribution in [-0.2, 0) is 15.1 Å². The van der Waals surface area contributed by atoms with Crippen molar-refractivity contribution < 1.29 is 14.3 Å². The van der Waals surface area contributed by atoms with Crippen molar-refractivity contribution in [2.75, 3.05) is 18.6 Å². The molecule has 0 saturated carbocycles. The zero-order chi connectivity index (χ0) is 19.3. The number of anilines is 1. The maximum Gasteiger partial charge on any atom is 0.264 e. The summed E-state index contributed by atoms with van der Waals surface area (Å²) in [5.74, 6) is 0.833. The number of benzene rings is 2. The van der Waals surface area contributed by atoms with Crippen molar-refractivity contribution in [2.45, 2.75) is 37.4 Å². The summed E-state index contributed by atoms with van der Waals surface area (Å²) in [6.07, 6.45) is 3.63. The van der Waals surface area contributed by atoms with E-state index in [-0.39, 0.29) is 12.0 Å². The summed E-state index contributed by atoms with van der Waals surface area (Å²) in [4.78, 5) is 15.1. The maximum atomic E-state index is 13.4. The number of nitrogens with zero attached hydrogens (tertiary/aromatic N) is 1. The number of carbonyl (C=O) groups is 1. The topological polar surface area (TPSA) is 38.8 Å². The fourth-order valence-corrected chi connectivity index (χ4v) is 5.53. The van der Waals surface area contributed by atoms with Crippen molar-refractivity contribution in [1.82, 2.24) is 0 Å². The predicted octanol–water partition coefficient (Wildman–Crippen LogP) is 4.97. The first-order chi connectivity index (χ1) is 13.6. The molecule has 2 aromatic rings. The summed E-state index contributed by atoms with van der Waals surface area (Å²) in [5.41, 5.74) is 3.61. The average molecular weight is 440 g/mol. The van der Waals surface area contributed by atoms with Crippen molar-refractivity contribution in [1.29, 1.82) is 0 Å². The highest BCUT2D eigenvalue weighted by atomic mass is 79.9. The molecular weight excluding hydrogens is 418 g/mol. The Morgan fingerprint density at radius 2 is 2.00 bits per heavy atom. The average Bonchev–Trinajstić information content (AvgIpc) is 3.26. The van der Waals surface area contributed by atoms with E-state index in [1.807, 2.05) is 55.6 Å². The van der Waals surface area contributed by atoms with Crippen LogP contribution in [0.15, 0.2) is 64.1 Å². The van der Waals surface area contributed by atoms with Gasteiger partial charge >= 0.3 is 0 Å². The zero-order valence-electron chi connectivity index (χ0n) is 15.8. The van der Waals surface area contributed by atoms with E-state index in [1.54, 1.807) is 4.90 Å². The molecule has 2 atom stereocenters. The van der Waals surface area contributed by atoms with Gasteiger partial charge in [-0.05, 0) is 49.1 Å². The Hall–Kier alpha value is -2.11. The van der Waals surface area contributed by atoms with Gasteiger partial charge in [-0.1, -0.05) is 45.8 Å². The molecule has 0 fully saturated rings. The normalized spacial score (nSPS) is 26.0. The SMILES string of the molecule is CN1C(=O)[C@@]2(CC3=C(CCC3)[C@@H](COc3ccccc3)O2)c2c(Br)cccc21. The molecule has 1 aliphatic carbocycles. The molecule has 3 aliphatic rings. The number of likely N-dealkylation sites (N-methyl/N-ethyl adjacent to an activating group) is 1. The molecule has 28 heavy (non-hydrogen) atoms. The summed E-state index contributed by atoms with van der Waals surface area (Å²) in [6.45, 7) is 0.418.